The van der Waals surface area contributed by atoms with Crippen LogP contribution in [0.5, 0.6) is 0 Å². The fourth-order valence-electron chi connectivity index (χ4n) is 2.97. The van der Waals surface area contributed by atoms with Crippen molar-refractivity contribution in [3.63, 3.8) is 0 Å². The van der Waals surface area contributed by atoms with E-state index in [1.807, 2.05) is 29.6 Å². The molecule has 0 spiro atoms. The standard InChI is InChI=1S/C20H23N3O3S2/c1-22(2)20(26)28-16-9-7-15(8-10-16)21-18(24)14-5-3-11-23(13-14)19(25)17-6-4-12-27-17/h4,6-10,12,14H,3,5,11,13H2,1-2H3,(H,21,24). The van der Waals surface area contributed by atoms with Gasteiger partial charge in [0.25, 0.3) is 11.1 Å². The Kier molecular flexibility index (Phi) is 6.74. The lowest BCUT2D eigenvalue weighted by Crippen LogP contribution is -2.43. The molecule has 0 radical (unpaired) electrons. The molecule has 28 heavy (non-hydrogen) atoms. The molecule has 1 aromatic carbocycles. The van der Waals surface area contributed by atoms with Gasteiger partial charge >= 0.3 is 0 Å². The molecule has 0 bridgehead atoms. The van der Waals surface area contributed by atoms with Crippen molar-refractivity contribution >= 4 is 45.8 Å². The zero-order valence-electron chi connectivity index (χ0n) is 15.9. The van der Waals surface area contributed by atoms with Gasteiger partial charge in [-0.2, -0.15) is 0 Å². The molecule has 6 nitrogen and oxygen atoms in total. The Hall–Kier alpha value is -2.32. The Morgan fingerprint density at radius 3 is 2.57 bits per heavy atom. The summed E-state index contributed by atoms with van der Waals surface area (Å²) in [5, 5.41) is 4.77. The molecule has 3 amide bonds. The number of carbonyl (C=O) groups excluding carboxylic acids is 3. The lowest BCUT2D eigenvalue weighted by atomic mass is 9.97. The van der Waals surface area contributed by atoms with Crippen molar-refractivity contribution in [1.29, 1.82) is 0 Å². The number of nitrogens with one attached hydrogen (secondary N) is 1. The Balaban J connectivity index is 1.56. The summed E-state index contributed by atoms with van der Waals surface area (Å²) in [6.07, 6.45) is 1.59. The van der Waals surface area contributed by atoms with Gasteiger partial charge in [-0.1, -0.05) is 6.07 Å². The molecule has 1 unspecified atom stereocenters. The smallest absolute Gasteiger partial charge is 0.285 e. The number of hydrogen-bond donors (Lipinski definition) is 1. The zero-order chi connectivity index (χ0) is 20.1. The molecule has 1 aliphatic heterocycles. The third-order valence-corrected chi connectivity index (χ3v) is 6.41. The van der Waals surface area contributed by atoms with Crippen LogP contribution in [-0.4, -0.2) is 54.0 Å². The van der Waals surface area contributed by atoms with Crippen LogP contribution in [0.4, 0.5) is 10.5 Å². The minimum absolute atomic E-state index is 0.000521. The van der Waals surface area contributed by atoms with Crippen LogP contribution in [0.2, 0.25) is 0 Å². The number of carbonyl (C=O) groups is 3. The van der Waals surface area contributed by atoms with E-state index in [1.165, 1.54) is 16.2 Å². The van der Waals surface area contributed by atoms with E-state index in [0.29, 0.717) is 23.7 Å². The van der Waals surface area contributed by atoms with E-state index in [2.05, 4.69) is 5.32 Å². The molecule has 8 heteroatoms. The van der Waals surface area contributed by atoms with E-state index >= 15 is 0 Å². The normalized spacial score (nSPS) is 16.5. The molecule has 1 saturated heterocycles. The molecule has 1 fully saturated rings. The number of nitrogens with zero attached hydrogens (tertiary/aromatic N) is 2. The molecule has 0 aliphatic carbocycles. The summed E-state index contributed by atoms with van der Waals surface area (Å²) in [6, 6.07) is 10.9. The van der Waals surface area contributed by atoms with Crippen molar-refractivity contribution in [1.82, 2.24) is 9.80 Å². The number of benzene rings is 1. The fourth-order valence-corrected chi connectivity index (χ4v) is 4.32. The molecule has 2 heterocycles. The summed E-state index contributed by atoms with van der Waals surface area (Å²) in [4.78, 5) is 41.8. The van der Waals surface area contributed by atoms with E-state index in [0.717, 1.165) is 29.5 Å². The van der Waals surface area contributed by atoms with Crippen molar-refractivity contribution < 1.29 is 14.4 Å². The van der Waals surface area contributed by atoms with Crippen molar-refractivity contribution in [2.75, 3.05) is 32.5 Å². The van der Waals surface area contributed by atoms with Crippen molar-refractivity contribution in [3.05, 3.63) is 46.7 Å². The first-order chi connectivity index (χ1) is 13.4. The van der Waals surface area contributed by atoms with Crippen LogP contribution >= 0.6 is 23.1 Å². The van der Waals surface area contributed by atoms with Gasteiger partial charge in [0.1, 0.15) is 0 Å². The van der Waals surface area contributed by atoms with Crippen LogP contribution < -0.4 is 5.32 Å². The van der Waals surface area contributed by atoms with Crippen LogP contribution in [0, 0.1) is 5.92 Å². The van der Waals surface area contributed by atoms with Crippen LogP contribution in [0.3, 0.4) is 0 Å². The lowest BCUT2D eigenvalue weighted by molar-refractivity contribution is -0.121. The third kappa shape index (κ3) is 5.14. The fraction of sp³-hybridized carbons (Fsp3) is 0.350. The minimum atomic E-state index is -0.220. The van der Waals surface area contributed by atoms with Crippen LogP contribution in [0.25, 0.3) is 0 Å². The summed E-state index contributed by atoms with van der Waals surface area (Å²) < 4.78 is 0. The molecular formula is C20H23N3O3S2. The number of thiophene rings is 1. The quantitative estimate of drug-likeness (QED) is 0.763. The van der Waals surface area contributed by atoms with Gasteiger partial charge in [0.05, 0.1) is 10.8 Å². The van der Waals surface area contributed by atoms with Crippen molar-refractivity contribution in [3.8, 4) is 0 Å². The maximum atomic E-state index is 12.7. The first-order valence-electron chi connectivity index (χ1n) is 9.07. The summed E-state index contributed by atoms with van der Waals surface area (Å²) in [7, 11) is 3.42. The first kappa shape index (κ1) is 20.4. The van der Waals surface area contributed by atoms with E-state index in [4.69, 9.17) is 0 Å². The summed E-state index contributed by atoms with van der Waals surface area (Å²) in [6.45, 7) is 1.13. The van der Waals surface area contributed by atoms with E-state index in [9.17, 15) is 14.4 Å². The number of anilines is 1. The number of likely N-dealkylation sites (tertiary alicyclic amines) is 1. The first-order valence-corrected chi connectivity index (χ1v) is 10.8. The van der Waals surface area contributed by atoms with Gasteiger partial charge in [-0.05, 0) is 60.3 Å². The monoisotopic (exact) mass is 417 g/mol. The molecule has 0 saturated carbocycles. The molecular weight excluding hydrogens is 394 g/mol. The highest BCUT2D eigenvalue weighted by atomic mass is 32.2. The van der Waals surface area contributed by atoms with Gasteiger partial charge in [-0.3, -0.25) is 14.4 Å². The summed E-state index contributed by atoms with van der Waals surface area (Å²) in [5.74, 6) is -0.296. The van der Waals surface area contributed by atoms with E-state index in [1.54, 1.807) is 31.1 Å². The Labute approximate surface area is 172 Å². The van der Waals surface area contributed by atoms with Gasteiger partial charge in [-0.25, -0.2) is 0 Å². The van der Waals surface area contributed by atoms with Gasteiger partial charge in [0.15, 0.2) is 0 Å². The molecule has 1 aliphatic rings. The van der Waals surface area contributed by atoms with E-state index in [-0.39, 0.29) is 23.0 Å². The largest absolute Gasteiger partial charge is 0.339 e. The zero-order valence-corrected chi connectivity index (χ0v) is 17.5. The number of piperidine rings is 1. The number of rotatable bonds is 4. The minimum Gasteiger partial charge on any atom is -0.339 e. The van der Waals surface area contributed by atoms with Crippen molar-refractivity contribution in [2.24, 2.45) is 5.92 Å². The van der Waals surface area contributed by atoms with Crippen LogP contribution in [0.1, 0.15) is 22.5 Å². The Morgan fingerprint density at radius 2 is 1.93 bits per heavy atom. The molecule has 1 aromatic heterocycles. The summed E-state index contributed by atoms with van der Waals surface area (Å²) >= 11 is 2.56. The van der Waals surface area contributed by atoms with Crippen molar-refractivity contribution in [2.45, 2.75) is 17.7 Å². The van der Waals surface area contributed by atoms with Gasteiger partial charge in [-0.15, -0.1) is 11.3 Å². The predicted octanol–water partition coefficient (Wildman–Crippen LogP) is 4.01. The van der Waals surface area contributed by atoms with Crippen LogP contribution in [0.15, 0.2) is 46.7 Å². The number of hydrogen-bond acceptors (Lipinski definition) is 5. The average molecular weight is 418 g/mol. The highest BCUT2D eigenvalue weighted by Gasteiger charge is 2.29. The molecule has 148 valence electrons. The van der Waals surface area contributed by atoms with Gasteiger partial charge in [0.2, 0.25) is 5.91 Å². The van der Waals surface area contributed by atoms with E-state index < -0.39 is 0 Å². The lowest BCUT2D eigenvalue weighted by Gasteiger charge is -2.31. The molecule has 3 rings (SSSR count). The molecule has 2 aromatic rings. The topological polar surface area (TPSA) is 69.7 Å². The number of amides is 3. The molecule has 1 N–H and O–H groups in total. The second-order valence-corrected chi connectivity index (χ2v) is 8.82. The SMILES string of the molecule is CN(C)C(=O)Sc1ccc(NC(=O)C2CCCN(C(=O)c3cccs3)C2)cc1. The van der Waals surface area contributed by atoms with Gasteiger partial charge < -0.3 is 15.1 Å². The average Bonchev–Trinajstić information content (AvgIpc) is 3.23. The highest BCUT2D eigenvalue weighted by molar-refractivity contribution is 8.13. The predicted molar refractivity (Wildman–Crippen MR) is 113 cm³/mol. The maximum absolute atomic E-state index is 12.7. The van der Waals surface area contributed by atoms with Gasteiger partial charge in [0, 0.05) is 37.8 Å². The number of thioether (sulfide) groups is 1. The Bertz CT molecular complexity index is 835. The Morgan fingerprint density at radius 1 is 1.18 bits per heavy atom. The van der Waals surface area contributed by atoms with Crippen LogP contribution in [-0.2, 0) is 4.79 Å². The third-order valence-electron chi connectivity index (χ3n) is 4.50. The molecule has 1 atom stereocenters. The maximum Gasteiger partial charge on any atom is 0.285 e. The second-order valence-electron chi connectivity index (χ2n) is 6.84. The highest BCUT2D eigenvalue weighted by Crippen LogP contribution is 2.24. The summed E-state index contributed by atoms with van der Waals surface area (Å²) in [5.41, 5.74) is 0.688. The second kappa shape index (κ2) is 9.25.